The summed E-state index contributed by atoms with van der Waals surface area (Å²) in [6.07, 6.45) is 2.97. The lowest BCUT2D eigenvalue weighted by Crippen LogP contribution is -2.48. The van der Waals surface area contributed by atoms with Crippen LogP contribution in [0.15, 0.2) is 0 Å². The van der Waals surface area contributed by atoms with Gasteiger partial charge in [0.2, 0.25) is 6.41 Å². The summed E-state index contributed by atoms with van der Waals surface area (Å²) in [6.45, 7) is 2.04. The van der Waals surface area contributed by atoms with Crippen molar-refractivity contribution in [3.63, 3.8) is 0 Å². The van der Waals surface area contributed by atoms with Crippen LogP contribution in [-0.4, -0.2) is 25.5 Å². The van der Waals surface area contributed by atoms with Crippen molar-refractivity contribution in [2.75, 3.05) is 13.1 Å². The molecule has 1 saturated heterocycles. The molecule has 1 fully saturated rings. The van der Waals surface area contributed by atoms with E-state index in [1.807, 2.05) is 0 Å². The van der Waals surface area contributed by atoms with Gasteiger partial charge < -0.3 is 5.32 Å². The van der Waals surface area contributed by atoms with Gasteiger partial charge in [-0.05, 0) is 19.4 Å². The van der Waals surface area contributed by atoms with E-state index in [1.54, 1.807) is 0 Å². The van der Waals surface area contributed by atoms with Crippen LogP contribution in [0.5, 0.6) is 0 Å². The number of nitrogens with one attached hydrogen (secondary N) is 3. The molecule has 0 aromatic rings. The van der Waals surface area contributed by atoms with Crippen LogP contribution in [0.4, 0.5) is 0 Å². The fourth-order valence-electron chi connectivity index (χ4n) is 1.13. The molecule has 1 heterocycles. The van der Waals surface area contributed by atoms with Gasteiger partial charge in [0.1, 0.15) is 0 Å². The Bertz CT molecular complexity index is 101. The molecule has 4 heteroatoms. The number of carbonyl (C=O) groups excluding carboxylic acids is 1. The Kier molecular flexibility index (Phi) is 3.18. The van der Waals surface area contributed by atoms with Gasteiger partial charge in [0.25, 0.3) is 0 Å². The van der Waals surface area contributed by atoms with E-state index in [0.29, 0.717) is 12.5 Å². The molecule has 0 aromatic carbocycles. The normalized spacial score (nSPS) is 25.8. The summed E-state index contributed by atoms with van der Waals surface area (Å²) in [5.41, 5.74) is 5.34. The molecule has 0 aromatic heterocycles. The minimum Gasteiger partial charge on any atom is -0.315 e. The zero-order valence-electron chi connectivity index (χ0n) is 5.89. The van der Waals surface area contributed by atoms with Crippen molar-refractivity contribution in [3.8, 4) is 0 Å². The average molecular weight is 143 g/mol. The maximum absolute atomic E-state index is 9.85. The van der Waals surface area contributed by atoms with E-state index < -0.39 is 0 Å². The maximum Gasteiger partial charge on any atom is 0.221 e. The Balaban J connectivity index is 2.07. The second-order valence-corrected chi connectivity index (χ2v) is 2.45. The minimum atomic E-state index is 0.402. The lowest BCUT2D eigenvalue weighted by atomic mass is 10.1. The Hall–Kier alpha value is -0.610. The van der Waals surface area contributed by atoms with Gasteiger partial charge in [-0.1, -0.05) is 0 Å². The summed E-state index contributed by atoms with van der Waals surface area (Å²) < 4.78 is 0. The van der Waals surface area contributed by atoms with Gasteiger partial charge in [0.15, 0.2) is 0 Å². The zero-order valence-corrected chi connectivity index (χ0v) is 5.89. The first-order valence-electron chi connectivity index (χ1n) is 3.59. The molecule has 0 spiro atoms. The summed E-state index contributed by atoms with van der Waals surface area (Å²) in [4.78, 5) is 9.85. The molecule has 1 unspecified atom stereocenters. The van der Waals surface area contributed by atoms with Crippen LogP contribution in [0.3, 0.4) is 0 Å². The number of hydrogen-bond donors (Lipinski definition) is 3. The third-order valence-electron chi connectivity index (χ3n) is 1.64. The third kappa shape index (κ3) is 2.33. The van der Waals surface area contributed by atoms with Gasteiger partial charge in [-0.15, -0.1) is 0 Å². The lowest BCUT2D eigenvalue weighted by molar-refractivity contribution is -0.110. The first-order chi connectivity index (χ1) is 4.93. The minimum absolute atomic E-state index is 0.402. The van der Waals surface area contributed by atoms with Gasteiger partial charge in [0.05, 0.1) is 0 Å². The number of piperidine rings is 1. The van der Waals surface area contributed by atoms with E-state index in [-0.39, 0.29) is 0 Å². The summed E-state index contributed by atoms with van der Waals surface area (Å²) >= 11 is 0. The standard InChI is InChI=1S/C6H13N3O/c10-5-8-9-6-2-1-3-7-4-6/h5-7,9H,1-4H2,(H,8,10). The quantitative estimate of drug-likeness (QED) is 0.350. The van der Waals surface area contributed by atoms with Gasteiger partial charge >= 0.3 is 0 Å². The fourth-order valence-corrected chi connectivity index (χ4v) is 1.13. The highest BCUT2D eigenvalue weighted by Gasteiger charge is 2.10. The van der Waals surface area contributed by atoms with E-state index in [2.05, 4.69) is 16.2 Å². The number of rotatable bonds is 3. The molecule has 3 N–H and O–H groups in total. The SMILES string of the molecule is O=CNNC1CCCNC1. The van der Waals surface area contributed by atoms with E-state index in [1.165, 1.54) is 6.42 Å². The van der Waals surface area contributed by atoms with Crippen molar-refractivity contribution in [3.05, 3.63) is 0 Å². The van der Waals surface area contributed by atoms with E-state index >= 15 is 0 Å². The molecule has 0 aliphatic carbocycles. The largest absolute Gasteiger partial charge is 0.315 e. The monoisotopic (exact) mass is 143 g/mol. The van der Waals surface area contributed by atoms with Gasteiger partial charge in [-0.25, -0.2) is 5.43 Å². The van der Waals surface area contributed by atoms with E-state index in [0.717, 1.165) is 19.5 Å². The molecular weight excluding hydrogens is 130 g/mol. The molecule has 0 radical (unpaired) electrons. The highest BCUT2D eigenvalue weighted by Crippen LogP contribution is 1.98. The lowest BCUT2D eigenvalue weighted by Gasteiger charge is -2.22. The molecule has 1 aliphatic heterocycles. The van der Waals surface area contributed by atoms with E-state index in [9.17, 15) is 4.79 Å². The van der Waals surface area contributed by atoms with Crippen LogP contribution in [0, 0.1) is 0 Å². The summed E-state index contributed by atoms with van der Waals surface area (Å²) in [7, 11) is 0. The Morgan fingerprint density at radius 3 is 3.10 bits per heavy atom. The van der Waals surface area contributed by atoms with Gasteiger partial charge in [-0.2, -0.15) is 0 Å². The number of amides is 1. The fraction of sp³-hybridized carbons (Fsp3) is 0.833. The number of hydrogen-bond acceptors (Lipinski definition) is 3. The van der Waals surface area contributed by atoms with Crippen molar-refractivity contribution in [2.24, 2.45) is 0 Å². The second kappa shape index (κ2) is 4.24. The molecule has 0 bridgehead atoms. The highest BCUT2D eigenvalue weighted by atomic mass is 16.1. The molecule has 1 amide bonds. The first kappa shape index (κ1) is 7.50. The zero-order chi connectivity index (χ0) is 7.23. The predicted molar refractivity (Wildman–Crippen MR) is 38.2 cm³/mol. The van der Waals surface area contributed by atoms with Crippen LogP contribution in [0.2, 0.25) is 0 Å². The van der Waals surface area contributed by atoms with Gasteiger partial charge in [-0.3, -0.25) is 10.2 Å². The van der Waals surface area contributed by atoms with Crippen molar-refractivity contribution >= 4 is 6.41 Å². The van der Waals surface area contributed by atoms with Crippen LogP contribution in [0.1, 0.15) is 12.8 Å². The molecule has 0 saturated carbocycles. The van der Waals surface area contributed by atoms with Crippen LogP contribution in [-0.2, 0) is 4.79 Å². The third-order valence-corrected chi connectivity index (χ3v) is 1.64. The topological polar surface area (TPSA) is 53.2 Å². The summed E-state index contributed by atoms with van der Waals surface area (Å²) in [5.74, 6) is 0. The smallest absolute Gasteiger partial charge is 0.221 e. The van der Waals surface area contributed by atoms with E-state index in [4.69, 9.17) is 0 Å². The highest BCUT2D eigenvalue weighted by molar-refractivity contribution is 5.44. The van der Waals surface area contributed by atoms with Gasteiger partial charge in [0, 0.05) is 12.6 Å². The average Bonchev–Trinajstić information content (AvgIpc) is 2.03. The maximum atomic E-state index is 9.85. The molecule has 1 atom stereocenters. The number of hydrazine groups is 1. The molecule has 58 valence electrons. The second-order valence-electron chi connectivity index (χ2n) is 2.45. The Morgan fingerprint density at radius 1 is 1.60 bits per heavy atom. The van der Waals surface area contributed by atoms with Crippen molar-refractivity contribution in [1.82, 2.24) is 16.2 Å². The number of carbonyl (C=O) groups is 1. The predicted octanol–water partition coefficient (Wildman–Crippen LogP) is -1.01. The Labute approximate surface area is 60.3 Å². The molecular formula is C6H13N3O. The van der Waals surface area contributed by atoms with Crippen molar-refractivity contribution < 1.29 is 4.79 Å². The first-order valence-corrected chi connectivity index (χ1v) is 3.59. The molecule has 10 heavy (non-hydrogen) atoms. The summed E-state index contributed by atoms with van der Waals surface area (Å²) in [6, 6.07) is 0.402. The van der Waals surface area contributed by atoms with Crippen molar-refractivity contribution in [1.29, 1.82) is 0 Å². The molecule has 1 aliphatic rings. The van der Waals surface area contributed by atoms with Crippen LogP contribution >= 0.6 is 0 Å². The summed E-state index contributed by atoms with van der Waals surface area (Å²) in [5, 5.41) is 3.23. The Morgan fingerprint density at radius 2 is 2.50 bits per heavy atom. The van der Waals surface area contributed by atoms with Crippen LogP contribution in [0.25, 0.3) is 0 Å². The molecule has 1 rings (SSSR count). The van der Waals surface area contributed by atoms with Crippen LogP contribution < -0.4 is 16.2 Å². The van der Waals surface area contributed by atoms with Crippen molar-refractivity contribution in [2.45, 2.75) is 18.9 Å². The molecule has 4 nitrogen and oxygen atoms in total.